The van der Waals surface area contributed by atoms with Crippen LogP contribution in [0.2, 0.25) is 0 Å². The van der Waals surface area contributed by atoms with E-state index in [1.807, 2.05) is 23.0 Å². The Morgan fingerprint density at radius 2 is 2.04 bits per heavy atom. The second kappa shape index (κ2) is 6.61. The minimum Gasteiger partial charge on any atom is -0.495 e. The number of ether oxygens (including phenoxy) is 1. The molecule has 132 valence electrons. The molecule has 0 radical (unpaired) electrons. The summed E-state index contributed by atoms with van der Waals surface area (Å²) in [5.74, 6) is 1.72. The Labute approximate surface area is 152 Å². The normalized spacial score (nSPS) is 20.3. The molecule has 1 aromatic heterocycles. The van der Waals surface area contributed by atoms with E-state index < -0.39 is 0 Å². The Kier molecular flexibility index (Phi) is 4.31. The Morgan fingerprint density at radius 1 is 1.24 bits per heavy atom. The van der Waals surface area contributed by atoms with Crippen molar-refractivity contribution in [2.45, 2.75) is 5.50 Å². The highest BCUT2D eigenvalue weighted by Crippen LogP contribution is 2.34. The molecule has 0 spiro atoms. The Hall–Kier alpha value is -2.18. The van der Waals surface area contributed by atoms with E-state index in [9.17, 15) is 0 Å². The van der Waals surface area contributed by atoms with E-state index in [0.29, 0.717) is 0 Å². The number of likely N-dealkylation sites (N-methyl/N-ethyl adjacent to an activating group) is 1. The number of halogens is 1. The molecule has 1 fully saturated rings. The van der Waals surface area contributed by atoms with Crippen LogP contribution in [0.1, 0.15) is 5.82 Å². The summed E-state index contributed by atoms with van der Waals surface area (Å²) < 4.78 is 7.60. The van der Waals surface area contributed by atoms with Crippen molar-refractivity contribution in [2.24, 2.45) is 0 Å². The predicted octanol–water partition coefficient (Wildman–Crippen LogP) is 2.45. The number of fused-ring (bicyclic) bond motifs is 1. The van der Waals surface area contributed by atoms with Gasteiger partial charge in [0.05, 0.1) is 24.7 Å². The molecule has 0 saturated carbocycles. The van der Waals surface area contributed by atoms with Crippen LogP contribution in [0.3, 0.4) is 0 Å². The highest BCUT2D eigenvalue weighted by Gasteiger charge is 2.20. The van der Waals surface area contributed by atoms with E-state index >= 15 is 0 Å². The van der Waals surface area contributed by atoms with Crippen LogP contribution in [0, 0.1) is 0 Å². The van der Waals surface area contributed by atoms with E-state index in [4.69, 9.17) is 16.3 Å². The summed E-state index contributed by atoms with van der Waals surface area (Å²) in [5, 5.41) is 0. The fourth-order valence-corrected chi connectivity index (χ4v) is 3.48. The highest BCUT2D eigenvalue weighted by atomic mass is 35.5. The third kappa shape index (κ3) is 3.07. The lowest BCUT2D eigenvalue weighted by molar-refractivity contribution is 0.311. The molecule has 6 nitrogen and oxygen atoms in total. The average molecular weight is 360 g/mol. The number of benzene rings is 1. The molecular weight excluding hydrogens is 338 g/mol. The van der Waals surface area contributed by atoms with Crippen molar-refractivity contribution in [1.82, 2.24) is 14.6 Å². The number of alkyl halides is 1. The van der Waals surface area contributed by atoms with Gasteiger partial charge in [-0.05, 0) is 31.3 Å². The summed E-state index contributed by atoms with van der Waals surface area (Å²) in [5.41, 5.74) is 6.11. The number of aromatic nitrogens is 2. The average Bonchev–Trinajstić information content (AvgIpc) is 3.05. The topological polar surface area (TPSA) is 45.6 Å². The number of piperazine rings is 1. The lowest BCUT2D eigenvalue weighted by atomic mass is 10.1. The number of anilines is 1. The van der Waals surface area contributed by atoms with Crippen LogP contribution in [0.15, 0.2) is 30.5 Å². The highest BCUT2D eigenvalue weighted by molar-refractivity contribution is 6.22. The lowest BCUT2D eigenvalue weighted by Crippen LogP contribution is -2.44. The van der Waals surface area contributed by atoms with Crippen LogP contribution >= 0.6 is 11.6 Å². The Bertz CT molecular complexity index is 795. The van der Waals surface area contributed by atoms with Gasteiger partial charge in [-0.3, -0.25) is 0 Å². The van der Waals surface area contributed by atoms with Crippen molar-refractivity contribution >= 4 is 23.4 Å². The SMILES string of the molecule is COc1cc(-c2cnc3n2NC(Cl)C=C3)ccc1N1CCN(C)CC1. The van der Waals surface area contributed by atoms with Gasteiger partial charge in [-0.25, -0.2) is 9.66 Å². The third-order valence-electron chi connectivity index (χ3n) is 4.78. The molecule has 1 N–H and O–H groups in total. The molecule has 0 amide bonds. The molecule has 3 heterocycles. The van der Waals surface area contributed by atoms with Crippen LogP contribution < -0.4 is 15.1 Å². The van der Waals surface area contributed by atoms with E-state index in [-0.39, 0.29) is 5.50 Å². The molecule has 4 rings (SSSR count). The minimum atomic E-state index is -0.244. The van der Waals surface area contributed by atoms with Crippen LogP contribution in [0.4, 0.5) is 5.69 Å². The number of rotatable bonds is 3. The maximum Gasteiger partial charge on any atom is 0.151 e. The summed E-state index contributed by atoms with van der Waals surface area (Å²) in [6.45, 7) is 4.14. The second-order valence-corrected chi connectivity index (χ2v) is 6.87. The molecule has 2 aliphatic heterocycles. The lowest BCUT2D eigenvalue weighted by Gasteiger charge is -2.34. The number of hydrogen-bond acceptors (Lipinski definition) is 5. The van der Waals surface area contributed by atoms with Gasteiger partial charge in [0.15, 0.2) is 5.82 Å². The monoisotopic (exact) mass is 359 g/mol. The first-order valence-corrected chi connectivity index (χ1v) is 8.88. The largest absolute Gasteiger partial charge is 0.495 e. The first-order valence-electron chi connectivity index (χ1n) is 8.44. The van der Waals surface area contributed by atoms with Crippen LogP contribution in [0.25, 0.3) is 17.3 Å². The molecule has 1 aromatic carbocycles. The van der Waals surface area contributed by atoms with Gasteiger partial charge in [-0.2, -0.15) is 0 Å². The molecule has 2 aliphatic rings. The predicted molar refractivity (Wildman–Crippen MR) is 102 cm³/mol. The first kappa shape index (κ1) is 16.3. The maximum absolute atomic E-state index is 6.18. The van der Waals surface area contributed by atoms with Gasteiger partial charge in [-0.1, -0.05) is 17.7 Å². The van der Waals surface area contributed by atoms with E-state index in [0.717, 1.165) is 54.7 Å². The number of methoxy groups -OCH3 is 1. The smallest absolute Gasteiger partial charge is 0.151 e. The molecule has 2 aromatic rings. The second-order valence-electron chi connectivity index (χ2n) is 6.40. The van der Waals surface area contributed by atoms with E-state index in [1.165, 1.54) is 0 Å². The van der Waals surface area contributed by atoms with Crippen molar-refractivity contribution in [3.05, 3.63) is 36.3 Å². The van der Waals surface area contributed by atoms with Gasteiger partial charge in [0.1, 0.15) is 11.3 Å². The maximum atomic E-state index is 6.18. The van der Waals surface area contributed by atoms with Gasteiger partial charge >= 0.3 is 0 Å². The number of nitrogens with zero attached hydrogens (tertiary/aromatic N) is 4. The van der Waals surface area contributed by atoms with Crippen molar-refractivity contribution in [3.8, 4) is 17.0 Å². The molecule has 25 heavy (non-hydrogen) atoms. The van der Waals surface area contributed by atoms with Crippen LogP contribution in [-0.2, 0) is 0 Å². The number of imidazole rings is 1. The molecule has 7 heteroatoms. The van der Waals surface area contributed by atoms with E-state index in [1.54, 1.807) is 7.11 Å². The fourth-order valence-electron chi connectivity index (χ4n) is 3.31. The Morgan fingerprint density at radius 3 is 2.80 bits per heavy atom. The van der Waals surface area contributed by atoms with Crippen LogP contribution in [0.5, 0.6) is 5.75 Å². The molecule has 1 atom stereocenters. The number of hydrogen-bond donors (Lipinski definition) is 1. The molecular formula is C18H22ClN5O. The minimum absolute atomic E-state index is 0.244. The zero-order chi connectivity index (χ0) is 17.4. The number of nitrogens with one attached hydrogen (secondary N) is 1. The van der Waals surface area contributed by atoms with Gasteiger partial charge in [0.2, 0.25) is 0 Å². The van der Waals surface area contributed by atoms with Crippen molar-refractivity contribution in [2.75, 3.05) is 50.7 Å². The zero-order valence-electron chi connectivity index (χ0n) is 14.4. The summed E-state index contributed by atoms with van der Waals surface area (Å²) in [6.07, 6.45) is 5.66. The first-order chi connectivity index (χ1) is 12.2. The summed E-state index contributed by atoms with van der Waals surface area (Å²) in [4.78, 5) is 9.17. The van der Waals surface area contributed by atoms with Gasteiger partial charge in [0, 0.05) is 31.7 Å². The Balaban J connectivity index is 1.67. The summed E-state index contributed by atoms with van der Waals surface area (Å²) in [6, 6.07) is 6.32. The summed E-state index contributed by atoms with van der Waals surface area (Å²) in [7, 11) is 3.88. The third-order valence-corrected chi connectivity index (χ3v) is 5.02. The van der Waals surface area contributed by atoms with Gasteiger partial charge in [0.25, 0.3) is 0 Å². The standard InChI is InChI=1S/C18H22ClN5O/c1-22-7-9-23(10-8-22)14-4-3-13(11-16(14)25-2)15-12-20-18-6-5-17(19)21-24(15)18/h3-6,11-12,17,21H,7-10H2,1-2H3. The zero-order valence-corrected chi connectivity index (χ0v) is 15.2. The van der Waals surface area contributed by atoms with Crippen LogP contribution in [-0.4, -0.2) is 60.4 Å². The molecule has 0 aliphatic carbocycles. The molecule has 1 unspecified atom stereocenters. The quantitative estimate of drug-likeness (QED) is 0.673. The summed E-state index contributed by atoms with van der Waals surface area (Å²) >= 11 is 6.18. The van der Waals surface area contributed by atoms with Crippen molar-refractivity contribution in [3.63, 3.8) is 0 Å². The van der Waals surface area contributed by atoms with E-state index in [2.05, 4.69) is 45.5 Å². The fraction of sp³-hybridized carbons (Fsp3) is 0.389. The van der Waals surface area contributed by atoms with Crippen molar-refractivity contribution in [1.29, 1.82) is 0 Å². The van der Waals surface area contributed by atoms with Gasteiger partial charge < -0.3 is 20.0 Å². The molecule has 0 bridgehead atoms. The molecule has 1 saturated heterocycles. The van der Waals surface area contributed by atoms with Crippen molar-refractivity contribution < 1.29 is 4.74 Å². The van der Waals surface area contributed by atoms with Gasteiger partial charge in [-0.15, -0.1) is 0 Å².